The van der Waals surface area contributed by atoms with Crippen LogP contribution >= 0.6 is 15.9 Å². The van der Waals surface area contributed by atoms with Gasteiger partial charge in [0.1, 0.15) is 0 Å². The Morgan fingerprint density at radius 1 is 1.22 bits per heavy atom. The first-order valence-corrected chi connectivity index (χ1v) is 8.24. The molecule has 0 spiro atoms. The lowest BCUT2D eigenvalue weighted by Gasteiger charge is -2.23. The number of methoxy groups -OCH3 is 1. The Balaban J connectivity index is 2.07. The number of halogens is 1. The fourth-order valence-corrected chi connectivity index (χ4v) is 2.51. The van der Waals surface area contributed by atoms with Gasteiger partial charge in [0.05, 0.1) is 6.61 Å². The van der Waals surface area contributed by atoms with E-state index >= 15 is 0 Å². The van der Waals surface area contributed by atoms with Crippen molar-refractivity contribution in [3.63, 3.8) is 0 Å². The fourth-order valence-electron chi connectivity index (χ4n) is 2.13. The van der Waals surface area contributed by atoms with Crippen LogP contribution in [-0.4, -0.2) is 31.2 Å². The van der Waals surface area contributed by atoms with Crippen LogP contribution in [0.3, 0.4) is 0 Å². The molecule has 0 unspecified atom stereocenters. The van der Waals surface area contributed by atoms with E-state index in [2.05, 4.69) is 21.2 Å². The molecule has 0 bridgehead atoms. The number of aryl methyl sites for hydroxylation is 1. The first-order chi connectivity index (χ1) is 11.1. The van der Waals surface area contributed by atoms with E-state index in [1.54, 1.807) is 12.0 Å². The molecule has 4 nitrogen and oxygen atoms in total. The van der Waals surface area contributed by atoms with Gasteiger partial charge < -0.3 is 15.0 Å². The van der Waals surface area contributed by atoms with E-state index in [-0.39, 0.29) is 6.03 Å². The Labute approximate surface area is 145 Å². The smallest absolute Gasteiger partial charge is 0.322 e. The van der Waals surface area contributed by atoms with E-state index in [4.69, 9.17) is 4.74 Å². The van der Waals surface area contributed by atoms with Crippen molar-refractivity contribution in [1.29, 1.82) is 0 Å². The first kappa shape index (κ1) is 17.5. The third-order valence-electron chi connectivity index (χ3n) is 3.49. The number of carbonyl (C=O) groups is 1. The third kappa shape index (κ3) is 5.37. The van der Waals surface area contributed by atoms with Gasteiger partial charge in [-0.3, -0.25) is 0 Å². The molecule has 5 heteroatoms. The minimum Gasteiger partial charge on any atom is -0.383 e. The van der Waals surface area contributed by atoms with E-state index in [1.807, 2.05) is 55.5 Å². The Kier molecular flexibility index (Phi) is 6.62. The summed E-state index contributed by atoms with van der Waals surface area (Å²) in [7, 11) is 1.63. The fraction of sp³-hybridized carbons (Fsp3) is 0.278. The van der Waals surface area contributed by atoms with Crippen LogP contribution < -0.4 is 5.32 Å². The van der Waals surface area contributed by atoms with Crippen molar-refractivity contribution in [2.45, 2.75) is 13.5 Å². The van der Waals surface area contributed by atoms with Crippen molar-refractivity contribution < 1.29 is 9.53 Å². The molecule has 0 aliphatic heterocycles. The first-order valence-electron chi connectivity index (χ1n) is 7.45. The van der Waals surface area contributed by atoms with Crippen molar-refractivity contribution in [3.8, 4) is 0 Å². The molecule has 2 rings (SSSR count). The second-order valence-corrected chi connectivity index (χ2v) is 6.15. The van der Waals surface area contributed by atoms with Crippen LogP contribution in [0.15, 0.2) is 53.0 Å². The Morgan fingerprint density at radius 2 is 1.96 bits per heavy atom. The molecule has 0 aromatic heterocycles. The Morgan fingerprint density at radius 3 is 2.61 bits per heavy atom. The van der Waals surface area contributed by atoms with Gasteiger partial charge in [-0.15, -0.1) is 0 Å². The largest absolute Gasteiger partial charge is 0.383 e. The predicted octanol–water partition coefficient (Wildman–Crippen LogP) is 4.44. The second kappa shape index (κ2) is 8.70. The van der Waals surface area contributed by atoms with Gasteiger partial charge in [-0.05, 0) is 30.2 Å². The Hall–Kier alpha value is -1.85. The lowest BCUT2D eigenvalue weighted by atomic mass is 10.2. The average molecular weight is 377 g/mol. The molecule has 0 saturated heterocycles. The molecule has 0 radical (unpaired) electrons. The number of nitrogens with zero attached hydrogens (tertiary/aromatic N) is 1. The zero-order chi connectivity index (χ0) is 16.7. The number of ether oxygens (including phenoxy) is 1. The van der Waals surface area contributed by atoms with Crippen molar-refractivity contribution in [2.75, 3.05) is 25.6 Å². The highest BCUT2D eigenvalue weighted by molar-refractivity contribution is 9.10. The lowest BCUT2D eigenvalue weighted by Crippen LogP contribution is -2.36. The van der Waals surface area contributed by atoms with Gasteiger partial charge in [0.15, 0.2) is 0 Å². The van der Waals surface area contributed by atoms with Gasteiger partial charge in [0.2, 0.25) is 0 Å². The zero-order valence-electron chi connectivity index (χ0n) is 13.4. The number of amides is 2. The molecular weight excluding hydrogens is 356 g/mol. The molecular formula is C18H21BrN2O2. The summed E-state index contributed by atoms with van der Waals surface area (Å²) in [6.07, 6.45) is 0. The molecule has 0 atom stereocenters. The molecule has 2 aromatic rings. The van der Waals surface area contributed by atoms with Crippen LogP contribution in [0, 0.1) is 6.92 Å². The molecule has 0 saturated carbocycles. The van der Waals surface area contributed by atoms with E-state index in [0.29, 0.717) is 19.7 Å². The molecule has 2 amide bonds. The van der Waals surface area contributed by atoms with E-state index < -0.39 is 0 Å². The zero-order valence-corrected chi connectivity index (χ0v) is 15.0. The van der Waals surface area contributed by atoms with Crippen LogP contribution in [0.2, 0.25) is 0 Å². The summed E-state index contributed by atoms with van der Waals surface area (Å²) in [5.74, 6) is 0. The van der Waals surface area contributed by atoms with E-state index in [9.17, 15) is 4.79 Å². The highest BCUT2D eigenvalue weighted by Gasteiger charge is 2.14. The molecule has 1 N–H and O–H groups in total. The number of rotatable bonds is 6. The quantitative estimate of drug-likeness (QED) is 0.809. The molecule has 0 fully saturated rings. The maximum Gasteiger partial charge on any atom is 0.322 e. The normalized spacial score (nSPS) is 10.4. The number of benzene rings is 2. The van der Waals surface area contributed by atoms with Crippen molar-refractivity contribution in [1.82, 2.24) is 4.90 Å². The monoisotopic (exact) mass is 376 g/mol. The number of nitrogens with one attached hydrogen (secondary N) is 1. The van der Waals surface area contributed by atoms with Gasteiger partial charge in [0.25, 0.3) is 0 Å². The van der Waals surface area contributed by atoms with Crippen LogP contribution in [-0.2, 0) is 11.3 Å². The molecule has 23 heavy (non-hydrogen) atoms. The third-order valence-corrected chi connectivity index (χ3v) is 4.35. The minimum absolute atomic E-state index is 0.137. The maximum absolute atomic E-state index is 12.6. The number of anilines is 1. The number of carbonyl (C=O) groups excluding carboxylic acids is 1. The predicted molar refractivity (Wildman–Crippen MR) is 96.6 cm³/mol. The Bertz CT molecular complexity index is 647. The molecule has 0 aliphatic rings. The van der Waals surface area contributed by atoms with Gasteiger partial charge in [0, 0.05) is 30.4 Å². The summed E-state index contributed by atoms with van der Waals surface area (Å²) >= 11 is 3.48. The maximum atomic E-state index is 12.6. The summed E-state index contributed by atoms with van der Waals surface area (Å²) in [5.41, 5.74) is 2.98. The summed E-state index contributed by atoms with van der Waals surface area (Å²) in [6.45, 7) is 3.58. The summed E-state index contributed by atoms with van der Waals surface area (Å²) in [5, 5.41) is 2.94. The molecule has 0 aliphatic carbocycles. The molecule has 2 aromatic carbocycles. The SMILES string of the molecule is COCCN(Cc1ccccc1)C(=O)Nc1ccc(C)c(Br)c1. The molecule has 0 heterocycles. The lowest BCUT2D eigenvalue weighted by molar-refractivity contribution is 0.153. The highest BCUT2D eigenvalue weighted by atomic mass is 79.9. The number of hydrogen-bond donors (Lipinski definition) is 1. The van der Waals surface area contributed by atoms with E-state index in [1.165, 1.54) is 0 Å². The van der Waals surface area contributed by atoms with Gasteiger partial charge in [-0.25, -0.2) is 4.79 Å². The topological polar surface area (TPSA) is 41.6 Å². The van der Waals surface area contributed by atoms with Gasteiger partial charge >= 0.3 is 6.03 Å². The van der Waals surface area contributed by atoms with Crippen LogP contribution in [0.5, 0.6) is 0 Å². The summed E-state index contributed by atoms with van der Waals surface area (Å²) in [4.78, 5) is 14.3. The van der Waals surface area contributed by atoms with Crippen LogP contribution in [0.1, 0.15) is 11.1 Å². The minimum atomic E-state index is -0.137. The summed E-state index contributed by atoms with van der Waals surface area (Å²) in [6, 6.07) is 15.6. The van der Waals surface area contributed by atoms with Gasteiger partial charge in [-0.1, -0.05) is 52.3 Å². The van der Waals surface area contributed by atoms with Crippen molar-refractivity contribution in [2.24, 2.45) is 0 Å². The van der Waals surface area contributed by atoms with Gasteiger partial charge in [-0.2, -0.15) is 0 Å². The number of urea groups is 1. The molecule has 122 valence electrons. The van der Waals surface area contributed by atoms with Crippen LogP contribution in [0.4, 0.5) is 10.5 Å². The van der Waals surface area contributed by atoms with Crippen molar-refractivity contribution in [3.05, 3.63) is 64.1 Å². The second-order valence-electron chi connectivity index (χ2n) is 5.29. The van der Waals surface area contributed by atoms with E-state index in [0.717, 1.165) is 21.3 Å². The highest BCUT2D eigenvalue weighted by Crippen LogP contribution is 2.21. The average Bonchev–Trinajstić information content (AvgIpc) is 2.55. The number of hydrogen-bond acceptors (Lipinski definition) is 2. The standard InChI is InChI=1S/C18H21BrN2O2/c1-14-8-9-16(12-17(14)19)20-18(22)21(10-11-23-2)13-15-6-4-3-5-7-15/h3-9,12H,10-11,13H2,1-2H3,(H,20,22). The van der Waals surface area contributed by atoms with Crippen LogP contribution in [0.25, 0.3) is 0 Å². The van der Waals surface area contributed by atoms with Crippen molar-refractivity contribution >= 4 is 27.6 Å². The summed E-state index contributed by atoms with van der Waals surface area (Å²) < 4.78 is 6.09.